The van der Waals surface area contributed by atoms with Crippen molar-refractivity contribution in [3.8, 4) is 0 Å². The van der Waals surface area contributed by atoms with Crippen LogP contribution >= 0.6 is 0 Å². The minimum absolute atomic E-state index is 0.0208. The number of carbonyl (C=O) groups excluding carboxylic acids is 1. The van der Waals surface area contributed by atoms with Crippen molar-refractivity contribution in [2.45, 2.75) is 25.7 Å². The van der Waals surface area contributed by atoms with Crippen LogP contribution in [-0.2, 0) is 4.79 Å². The molecule has 0 saturated heterocycles. The van der Waals surface area contributed by atoms with Crippen LogP contribution in [0.3, 0.4) is 0 Å². The number of nitro groups is 1. The lowest BCUT2D eigenvalue weighted by atomic mass is 10.1. The van der Waals surface area contributed by atoms with E-state index in [-0.39, 0.29) is 17.8 Å². The molecule has 0 atom stereocenters. The van der Waals surface area contributed by atoms with Gasteiger partial charge >= 0.3 is 0 Å². The monoisotopic (exact) mass is 341 g/mol. The number of benzene rings is 1. The van der Waals surface area contributed by atoms with Gasteiger partial charge in [-0.2, -0.15) is 5.10 Å². The molecule has 1 heterocycles. The van der Waals surface area contributed by atoms with Crippen molar-refractivity contribution in [2.24, 2.45) is 5.10 Å². The second kappa shape index (κ2) is 9.11. The van der Waals surface area contributed by atoms with Gasteiger partial charge in [0.25, 0.3) is 5.69 Å². The van der Waals surface area contributed by atoms with Crippen LogP contribution in [0.5, 0.6) is 0 Å². The van der Waals surface area contributed by atoms with E-state index in [1.165, 1.54) is 6.07 Å². The minimum Gasteiger partial charge on any atom is -0.550 e. The summed E-state index contributed by atoms with van der Waals surface area (Å²) in [6, 6.07) is 11.6. The lowest BCUT2D eigenvalue weighted by Crippen LogP contribution is -2.21. The molecular weight excluding hydrogens is 324 g/mol. The van der Waals surface area contributed by atoms with Crippen LogP contribution in [0.2, 0.25) is 0 Å². The van der Waals surface area contributed by atoms with Gasteiger partial charge in [-0.3, -0.25) is 20.5 Å². The van der Waals surface area contributed by atoms with E-state index in [9.17, 15) is 20.0 Å². The third-order valence-corrected chi connectivity index (χ3v) is 3.42. The zero-order chi connectivity index (χ0) is 18.1. The molecule has 0 fully saturated rings. The van der Waals surface area contributed by atoms with Crippen LogP contribution in [0.25, 0.3) is 0 Å². The summed E-state index contributed by atoms with van der Waals surface area (Å²) >= 11 is 0. The van der Waals surface area contributed by atoms with E-state index in [0.29, 0.717) is 30.7 Å². The molecule has 8 heteroatoms. The van der Waals surface area contributed by atoms with Gasteiger partial charge in [-0.25, -0.2) is 0 Å². The molecule has 0 amide bonds. The van der Waals surface area contributed by atoms with Crippen molar-refractivity contribution < 1.29 is 14.8 Å². The molecular formula is C17H17N4O4-. The fraction of sp³-hybridized carbons (Fsp3) is 0.235. The number of carbonyl (C=O) groups is 1. The first-order valence-electron chi connectivity index (χ1n) is 7.75. The molecule has 130 valence electrons. The number of unbranched alkanes of at least 4 members (excludes halogenated alkanes) is 1. The van der Waals surface area contributed by atoms with Crippen molar-refractivity contribution in [1.82, 2.24) is 4.98 Å². The molecule has 1 N–H and O–H groups in total. The molecule has 0 aliphatic carbocycles. The van der Waals surface area contributed by atoms with Crippen molar-refractivity contribution in [2.75, 3.05) is 5.43 Å². The fourth-order valence-corrected chi connectivity index (χ4v) is 2.19. The standard InChI is InChI=1S/C17H18N4O4/c22-17(23)11-4-2-8-14(13-7-5-6-12-18-13)19-20-15-9-1-3-10-16(15)21(24)25/h1,3,5-7,9-10,12,20H,2,4,8,11H2,(H,22,23)/p-1/b19-14+. The summed E-state index contributed by atoms with van der Waals surface area (Å²) in [5.41, 5.74) is 4.14. The van der Waals surface area contributed by atoms with Gasteiger partial charge in [0.2, 0.25) is 0 Å². The number of aliphatic carboxylic acids is 1. The van der Waals surface area contributed by atoms with E-state index in [2.05, 4.69) is 15.5 Å². The largest absolute Gasteiger partial charge is 0.550 e. The molecule has 0 spiro atoms. The van der Waals surface area contributed by atoms with Crippen LogP contribution in [0.1, 0.15) is 31.4 Å². The Morgan fingerprint density at radius 1 is 1.12 bits per heavy atom. The molecule has 0 bridgehead atoms. The summed E-state index contributed by atoms with van der Waals surface area (Å²) < 4.78 is 0. The van der Waals surface area contributed by atoms with Crippen LogP contribution in [0, 0.1) is 10.1 Å². The van der Waals surface area contributed by atoms with Gasteiger partial charge in [0.15, 0.2) is 0 Å². The maximum absolute atomic E-state index is 11.1. The fourth-order valence-electron chi connectivity index (χ4n) is 2.19. The van der Waals surface area contributed by atoms with E-state index in [4.69, 9.17) is 0 Å². The Morgan fingerprint density at radius 2 is 1.84 bits per heavy atom. The van der Waals surface area contributed by atoms with Gasteiger partial charge in [-0.05, 0) is 43.9 Å². The average Bonchev–Trinajstić information content (AvgIpc) is 2.61. The number of hydrogen-bond donors (Lipinski definition) is 1. The van der Waals surface area contributed by atoms with E-state index in [1.807, 2.05) is 6.07 Å². The first-order valence-corrected chi connectivity index (χ1v) is 7.75. The Labute approximate surface area is 144 Å². The zero-order valence-electron chi connectivity index (χ0n) is 13.4. The van der Waals surface area contributed by atoms with Crippen LogP contribution < -0.4 is 10.5 Å². The number of hydrazone groups is 1. The van der Waals surface area contributed by atoms with E-state index >= 15 is 0 Å². The number of carboxylic acid groups (broad SMARTS) is 1. The molecule has 2 rings (SSSR count). The Kier molecular flexibility index (Phi) is 6.58. The molecule has 0 saturated carbocycles. The van der Waals surface area contributed by atoms with Crippen LogP contribution in [0.15, 0.2) is 53.8 Å². The number of pyridine rings is 1. The summed E-state index contributed by atoms with van der Waals surface area (Å²) in [6.07, 6.45) is 3.13. The number of carboxylic acids is 1. The van der Waals surface area contributed by atoms with E-state index in [0.717, 1.165) is 0 Å². The Morgan fingerprint density at radius 3 is 2.52 bits per heavy atom. The summed E-state index contributed by atoms with van der Waals surface area (Å²) in [4.78, 5) is 25.3. The predicted molar refractivity (Wildman–Crippen MR) is 91.0 cm³/mol. The second-order valence-corrected chi connectivity index (χ2v) is 5.24. The minimum atomic E-state index is -1.09. The molecule has 8 nitrogen and oxygen atoms in total. The highest BCUT2D eigenvalue weighted by Crippen LogP contribution is 2.23. The quantitative estimate of drug-likeness (QED) is 0.323. The smallest absolute Gasteiger partial charge is 0.294 e. The van der Waals surface area contributed by atoms with Crippen LogP contribution in [-0.4, -0.2) is 21.6 Å². The first kappa shape index (κ1) is 18.1. The number of aromatic nitrogens is 1. The summed E-state index contributed by atoms with van der Waals surface area (Å²) in [6.45, 7) is 0. The molecule has 1 aromatic carbocycles. The molecule has 2 aromatic rings. The van der Waals surface area contributed by atoms with Gasteiger partial charge in [-0.15, -0.1) is 0 Å². The van der Waals surface area contributed by atoms with Gasteiger partial charge in [0.05, 0.1) is 16.3 Å². The second-order valence-electron chi connectivity index (χ2n) is 5.24. The number of anilines is 1. The SMILES string of the molecule is O=C([O-])CCCC/C(=N\Nc1ccccc1[N+](=O)[O-])c1ccccn1. The maximum Gasteiger partial charge on any atom is 0.294 e. The lowest BCUT2D eigenvalue weighted by Gasteiger charge is -2.08. The van der Waals surface area contributed by atoms with Gasteiger partial charge in [-0.1, -0.05) is 18.2 Å². The van der Waals surface area contributed by atoms with Gasteiger partial charge in [0, 0.05) is 18.2 Å². The number of hydrogen-bond acceptors (Lipinski definition) is 7. The highest BCUT2D eigenvalue weighted by molar-refractivity contribution is 5.99. The summed E-state index contributed by atoms with van der Waals surface area (Å²) in [5, 5.41) is 25.8. The molecule has 0 aliphatic heterocycles. The van der Waals surface area contributed by atoms with Crippen LogP contribution in [0.4, 0.5) is 11.4 Å². The molecule has 0 aliphatic rings. The molecule has 0 radical (unpaired) electrons. The summed E-state index contributed by atoms with van der Waals surface area (Å²) in [5.74, 6) is -1.09. The Bertz CT molecular complexity index is 762. The Hall–Kier alpha value is -3.29. The predicted octanol–water partition coefficient (Wildman–Crippen LogP) is 2.12. The van der Waals surface area contributed by atoms with E-state index in [1.54, 1.807) is 36.5 Å². The molecule has 0 unspecified atom stereocenters. The van der Waals surface area contributed by atoms with Gasteiger partial charge < -0.3 is 9.90 Å². The number of rotatable bonds is 9. The normalized spacial score (nSPS) is 11.1. The lowest BCUT2D eigenvalue weighted by molar-refractivity contribution is -0.384. The molecule has 1 aromatic heterocycles. The number of nitrogens with one attached hydrogen (secondary N) is 1. The Balaban J connectivity index is 2.16. The van der Waals surface area contributed by atoms with Crippen molar-refractivity contribution in [1.29, 1.82) is 0 Å². The van der Waals surface area contributed by atoms with Gasteiger partial charge in [0.1, 0.15) is 5.69 Å². The topological polar surface area (TPSA) is 121 Å². The number of para-hydroxylation sites is 2. The number of nitro benzene ring substituents is 1. The number of nitrogens with zero attached hydrogens (tertiary/aromatic N) is 3. The first-order chi connectivity index (χ1) is 12.1. The summed E-state index contributed by atoms with van der Waals surface area (Å²) in [7, 11) is 0. The highest BCUT2D eigenvalue weighted by atomic mass is 16.6. The van der Waals surface area contributed by atoms with Crippen molar-refractivity contribution >= 4 is 23.1 Å². The van der Waals surface area contributed by atoms with Crippen molar-refractivity contribution in [3.05, 3.63) is 64.5 Å². The van der Waals surface area contributed by atoms with E-state index < -0.39 is 10.9 Å². The average molecular weight is 341 g/mol. The zero-order valence-corrected chi connectivity index (χ0v) is 13.4. The third kappa shape index (κ3) is 5.69. The molecule has 25 heavy (non-hydrogen) atoms. The maximum atomic E-state index is 11.1. The highest BCUT2D eigenvalue weighted by Gasteiger charge is 2.12. The van der Waals surface area contributed by atoms with Crippen molar-refractivity contribution in [3.63, 3.8) is 0 Å². The third-order valence-electron chi connectivity index (χ3n) is 3.42.